The van der Waals surface area contributed by atoms with Gasteiger partial charge in [-0.25, -0.2) is 0 Å². The largest absolute Gasteiger partial charge is 0.351 e. The fourth-order valence-corrected chi connectivity index (χ4v) is 1.59. The van der Waals surface area contributed by atoms with Crippen LogP contribution in [0.5, 0.6) is 0 Å². The molecule has 1 heterocycles. The topological polar surface area (TPSA) is 15.6 Å². The minimum absolute atomic E-state index is 0.273. The molecule has 17 heavy (non-hydrogen) atoms. The van der Waals surface area contributed by atoms with Crippen LogP contribution in [0.1, 0.15) is 13.8 Å². The maximum atomic E-state index is 4.24. The van der Waals surface area contributed by atoms with Gasteiger partial charge in [0.1, 0.15) is 6.67 Å². The van der Waals surface area contributed by atoms with Gasteiger partial charge in [0, 0.05) is 28.6 Å². The Balaban J connectivity index is 2.98. The molecule has 0 radical (unpaired) electrons. The molecule has 0 aromatic rings. The number of aliphatic imine (C=N–C) groups is 1. The normalized spacial score (nSPS) is 23.5. The van der Waals surface area contributed by atoms with Crippen LogP contribution in [0.25, 0.3) is 0 Å². The minimum atomic E-state index is 0.273. The van der Waals surface area contributed by atoms with E-state index in [1.807, 2.05) is 13.0 Å². The van der Waals surface area contributed by atoms with E-state index in [0.29, 0.717) is 11.6 Å². The summed E-state index contributed by atoms with van der Waals surface area (Å²) in [5.41, 5.74) is 1.73. The molecule has 1 aliphatic rings. The van der Waals surface area contributed by atoms with E-state index in [1.54, 1.807) is 6.21 Å². The van der Waals surface area contributed by atoms with Crippen molar-refractivity contribution < 1.29 is 0 Å². The monoisotopic (exact) mass is 246 g/mol. The van der Waals surface area contributed by atoms with E-state index >= 15 is 0 Å². The molecule has 0 fully saturated rings. The van der Waals surface area contributed by atoms with Crippen LogP contribution in [-0.2, 0) is 0 Å². The first kappa shape index (κ1) is 13.7. The standard InChI is InChI=1S/C14H18N2S/c1-5-15-10-16-9-11(2)6-7-14(13(4)17)8-12(16)3/h5,8,11,17H,3-4,9-10H2,1-2H3/b14-8+,15-5?. The van der Waals surface area contributed by atoms with Crippen molar-refractivity contribution in [2.24, 2.45) is 10.9 Å². The Morgan fingerprint density at radius 2 is 2.47 bits per heavy atom. The van der Waals surface area contributed by atoms with E-state index in [-0.39, 0.29) is 5.92 Å². The van der Waals surface area contributed by atoms with Gasteiger partial charge < -0.3 is 4.90 Å². The number of hydrogen-bond donors (Lipinski definition) is 1. The summed E-state index contributed by atoms with van der Waals surface area (Å²) in [4.78, 5) is 7.02. The second-order valence-electron chi connectivity index (χ2n) is 3.97. The minimum Gasteiger partial charge on any atom is -0.351 e. The summed E-state index contributed by atoms with van der Waals surface area (Å²) in [6.45, 7) is 13.3. The van der Waals surface area contributed by atoms with Crippen molar-refractivity contribution in [3.8, 4) is 11.8 Å². The Bertz CT molecular complexity index is 435. The van der Waals surface area contributed by atoms with E-state index < -0.39 is 0 Å². The maximum Gasteiger partial charge on any atom is 0.109 e. The zero-order valence-electron chi connectivity index (χ0n) is 10.4. The van der Waals surface area contributed by atoms with Crippen molar-refractivity contribution in [2.75, 3.05) is 13.2 Å². The van der Waals surface area contributed by atoms with Gasteiger partial charge in [-0.3, -0.25) is 4.99 Å². The molecule has 0 amide bonds. The van der Waals surface area contributed by atoms with Gasteiger partial charge in [-0.15, -0.1) is 12.6 Å². The Morgan fingerprint density at radius 3 is 3.06 bits per heavy atom. The van der Waals surface area contributed by atoms with Gasteiger partial charge in [-0.2, -0.15) is 0 Å². The highest BCUT2D eigenvalue weighted by molar-refractivity contribution is 7.84. The van der Waals surface area contributed by atoms with Gasteiger partial charge >= 0.3 is 0 Å². The lowest BCUT2D eigenvalue weighted by molar-refractivity contribution is 0.341. The second kappa shape index (κ2) is 6.36. The quantitative estimate of drug-likeness (QED) is 0.460. The number of nitrogens with zero attached hydrogens (tertiary/aromatic N) is 2. The molecule has 1 aliphatic heterocycles. The Morgan fingerprint density at radius 1 is 1.76 bits per heavy atom. The summed E-state index contributed by atoms with van der Waals surface area (Å²) in [6.07, 6.45) is 3.71. The molecule has 3 heteroatoms. The smallest absolute Gasteiger partial charge is 0.109 e. The second-order valence-corrected chi connectivity index (χ2v) is 4.51. The molecule has 0 bridgehead atoms. The van der Waals surface area contributed by atoms with Gasteiger partial charge in [0.05, 0.1) is 0 Å². The fourth-order valence-electron chi connectivity index (χ4n) is 1.47. The number of thiol groups is 1. The summed E-state index contributed by atoms with van der Waals surface area (Å²) in [5.74, 6) is 6.54. The van der Waals surface area contributed by atoms with Crippen molar-refractivity contribution in [1.29, 1.82) is 0 Å². The Kier molecular flexibility index (Phi) is 5.11. The highest BCUT2D eigenvalue weighted by Crippen LogP contribution is 2.18. The van der Waals surface area contributed by atoms with E-state index in [0.717, 1.165) is 17.8 Å². The molecule has 0 aromatic heterocycles. The first-order chi connectivity index (χ1) is 8.04. The number of hydrogen-bond acceptors (Lipinski definition) is 3. The summed E-state index contributed by atoms with van der Waals surface area (Å²) >= 11 is 4.24. The van der Waals surface area contributed by atoms with Crippen molar-refractivity contribution in [3.63, 3.8) is 0 Å². The highest BCUT2D eigenvalue weighted by Gasteiger charge is 2.12. The van der Waals surface area contributed by atoms with Crippen LogP contribution in [0.3, 0.4) is 0 Å². The van der Waals surface area contributed by atoms with Gasteiger partial charge in [0.2, 0.25) is 0 Å². The van der Waals surface area contributed by atoms with Crippen molar-refractivity contribution >= 4 is 18.8 Å². The first-order valence-electron chi connectivity index (χ1n) is 5.54. The summed E-state index contributed by atoms with van der Waals surface area (Å²) in [7, 11) is 0. The highest BCUT2D eigenvalue weighted by atomic mass is 32.1. The number of rotatable bonds is 3. The zero-order valence-corrected chi connectivity index (χ0v) is 11.3. The molecule has 0 aliphatic carbocycles. The van der Waals surface area contributed by atoms with E-state index in [4.69, 9.17) is 0 Å². The lowest BCUT2D eigenvalue weighted by atomic mass is 10.1. The van der Waals surface area contributed by atoms with Crippen molar-refractivity contribution in [3.05, 3.63) is 35.4 Å². The van der Waals surface area contributed by atoms with Gasteiger partial charge in [0.25, 0.3) is 0 Å². The van der Waals surface area contributed by atoms with Crippen LogP contribution < -0.4 is 0 Å². The fraction of sp³-hybridized carbons (Fsp3) is 0.357. The molecule has 0 N–H and O–H groups in total. The summed E-state index contributed by atoms with van der Waals surface area (Å²) in [5, 5.41) is 0. The molecule has 0 aromatic carbocycles. The van der Waals surface area contributed by atoms with Crippen molar-refractivity contribution in [2.45, 2.75) is 13.8 Å². The van der Waals surface area contributed by atoms with Crippen LogP contribution >= 0.6 is 12.6 Å². The van der Waals surface area contributed by atoms with E-state index in [9.17, 15) is 0 Å². The Hall–Kier alpha value is -1.40. The molecular weight excluding hydrogens is 228 g/mol. The average Bonchev–Trinajstić information content (AvgIpc) is 2.27. The third-order valence-corrected chi connectivity index (χ3v) is 2.65. The average molecular weight is 246 g/mol. The van der Waals surface area contributed by atoms with Crippen LogP contribution in [0.2, 0.25) is 0 Å². The third kappa shape index (κ3) is 4.16. The lowest BCUT2D eigenvalue weighted by Gasteiger charge is -2.26. The third-order valence-electron chi connectivity index (χ3n) is 2.41. The van der Waals surface area contributed by atoms with Crippen LogP contribution in [0.4, 0.5) is 0 Å². The van der Waals surface area contributed by atoms with E-state index in [1.165, 1.54) is 0 Å². The molecule has 1 atom stereocenters. The first-order valence-corrected chi connectivity index (χ1v) is 5.99. The number of allylic oxidation sites excluding steroid dienone is 2. The SMILES string of the molecule is C=C(S)/C1=C/C(=C)N(CN=CC)CC(C)C#C1. The molecule has 0 saturated carbocycles. The van der Waals surface area contributed by atoms with E-state index in [2.05, 4.69) is 54.4 Å². The van der Waals surface area contributed by atoms with Crippen LogP contribution in [-0.4, -0.2) is 24.3 Å². The van der Waals surface area contributed by atoms with Crippen molar-refractivity contribution in [1.82, 2.24) is 4.90 Å². The molecular formula is C14H18N2S. The van der Waals surface area contributed by atoms with Crippen LogP contribution in [0.15, 0.2) is 40.4 Å². The van der Waals surface area contributed by atoms with Gasteiger partial charge in [0.15, 0.2) is 0 Å². The molecule has 2 nitrogen and oxygen atoms in total. The summed E-state index contributed by atoms with van der Waals surface area (Å²) in [6, 6.07) is 0. The van der Waals surface area contributed by atoms with Gasteiger partial charge in [-0.05, 0) is 26.1 Å². The van der Waals surface area contributed by atoms with Crippen LogP contribution in [0, 0.1) is 17.8 Å². The maximum absolute atomic E-state index is 4.24. The van der Waals surface area contributed by atoms with Gasteiger partial charge in [-0.1, -0.05) is 25.0 Å². The molecule has 1 rings (SSSR count). The Labute approximate surface area is 109 Å². The predicted octanol–water partition coefficient (Wildman–Crippen LogP) is 2.87. The molecule has 90 valence electrons. The molecule has 1 unspecified atom stereocenters. The molecule has 0 spiro atoms. The molecule has 0 saturated heterocycles. The summed E-state index contributed by atoms with van der Waals surface area (Å²) < 4.78 is 0. The lowest BCUT2D eigenvalue weighted by Crippen LogP contribution is -2.27. The zero-order chi connectivity index (χ0) is 12.8. The predicted molar refractivity (Wildman–Crippen MR) is 78.0 cm³/mol.